The Morgan fingerprint density at radius 3 is 2.67 bits per heavy atom. The number of hydrogen-bond acceptors (Lipinski definition) is 8. The number of carbonyl (C=O) groups is 1. The summed E-state index contributed by atoms with van der Waals surface area (Å²) in [6.07, 6.45) is 5.78. The van der Waals surface area contributed by atoms with Gasteiger partial charge in [-0.15, -0.1) is 0 Å². The van der Waals surface area contributed by atoms with Gasteiger partial charge in [-0.25, -0.2) is 14.6 Å². The Morgan fingerprint density at radius 2 is 1.90 bits per heavy atom. The minimum absolute atomic E-state index is 0.00234. The molecule has 1 fully saturated rings. The van der Waals surface area contributed by atoms with Gasteiger partial charge in [0.1, 0.15) is 29.3 Å². The molecule has 1 amide bonds. The number of benzene rings is 2. The third-order valence-electron chi connectivity index (χ3n) is 6.80. The van der Waals surface area contributed by atoms with Crippen LogP contribution in [0, 0.1) is 0 Å². The molecule has 2 aromatic heterocycles. The maximum atomic E-state index is 12.8. The molecule has 10 nitrogen and oxygen atoms in total. The van der Waals surface area contributed by atoms with Crippen LogP contribution in [0.4, 0.5) is 5.82 Å². The van der Waals surface area contributed by atoms with Crippen LogP contribution in [0.5, 0.6) is 11.5 Å². The number of methoxy groups -OCH3 is 1. The number of carbonyl (C=O) groups excluding carboxylic acids is 1. The molecule has 10 heteroatoms. The van der Waals surface area contributed by atoms with Gasteiger partial charge in [0.05, 0.1) is 18.0 Å². The highest BCUT2D eigenvalue weighted by Crippen LogP contribution is 2.35. The number of aromatic nitrogens is 4. The van der Waals surface area contributed by atoms with Crippen LogP contribution in [0.1, 0.15) is 12.5 Å². The number of hydrogen-bond donors (Lipinski definition) is 1. The summed E-state index contributed by atoms with van der Waals surface area (Å²) in [5, 5.41) is 5.65. The lowest BCUT2D eigenvalue weighted by Crippen LogP contribution is -2.28. The molecule has 0 radical (unpaired) electrons. The second-order valence-electron chi connectivity index (χ2n) is 9.57. The van der Waals surface area contributed by atoms with Crippen molar-refractivity contribution >= 4 is 22.8 Å². The van der Waals surface area contributed by atoms with Gasteiger partial charge in [-0.1, -0.05) is 24.3 Å². The molecule has 0 aliphatic carbocycles. The van der Waals surface area contributed by atoms with E-state index in [1.54, 1.807) is 13.2 Å². The second-order valence-corrected chi connectivity index (χ2v) is 9.57. The van der Waals surface area contributed by atoms with Gasteiger partial charge in [0.15, 0.2) is 5.65 Å². The highest BCUT2D eigenvalue weighted by molar-refractivity contribution is 5.98. The van der Waals surface area contributed by atoms with Crippen molar-refractivity contribution in [3.8, 4) is 22.8 Å². The minimum Gasteiger partial charge on any atom is -0.457 e. The maximum Gasteiger partial charge on any atom is 0.246 e. The fraction of sp³-hybridized carbons (Fsp3) is 0.310. The summed E-state index contributed by atoms with van der Waals surface area (Å²) in [4.78, 5) is 25.5. The Balaban J connectivity index is 1.32. The van der Waals surface area contributed by atoms with Gasteiger partial charge in [0, 0.05) is 44.9 Å². The Kier molecular flexibility index (Phi) is 8.14. The van der Waals surface area contributed by atoms with E-state index >= 15 is 0 Å². The molecule has 202 valence electrons. The number of rotatable bonds is 10. The van der Waals surface area contributed by atoms with Gasteiger partial charge in [0.2, 0.25) is 5.91 Å². The zero-order valence-electron chi connectivity index (χ0n) is 22.2. The van der Waals surface area contributed by atoms with Gasteiger partial charge in [-0.2, -0.15) is 5.10 Å². The van der Waals surface area contributed by atoms with E-state index in [-0.39, 0.29) is 11.9 Å². The predicted molar refractivity (Wildman–Crippen MR) is 150 cm³/mol. The van der Waals surface area contributed by atoms with Crippen molar-refractivity contribution < 1.29 is 14.3 Å². The van der Waals surface area contributed by atoms with E-state index in [2.05, 4.69) is 14.9 Å². The predicted octanol–water partition coefficient (Wildman–Crippen LogP) is 3.78. The van der Waals surface area contributed by atoms with Crippen molar-refractivity contribution in [1.29, 1.82) is 0 Å². The normalized spacial score (nSPS) is 15.6. The SMILES string of the molecule is COCCN(C)C/C=C/C(=O)N1CC[C@@H](n2nc(-c3ccc(Oc4ccccc4)cc3)c3c(N)ncnc32)C1. The summed E-state index contributed by atoms with van der Waals surface area (Å²) < 4.78 is 12.9. The first-order valence-corrected chi connectivity index (χ1v) is 13.0. The van der Waals surface area contributed by atoms with Gasteiger partial charge in [-0.3, -0.25) is 4.79 Å². The van der Waals surface area contributed by atoms with E-state index < -0.39 is 0 Å². The van der Waals surface area contributed by atoms with E-state index in [0.29, 0.717) is 48.8 Å². The van der Waals surface area contributed by atoms with Crippen LogP contribution >= 0.6 is 0 Å². The third kappa shape index (κ3) is 6.08. The van der Waals surface area contributed by atoms with E-state index in [4.69, 9.17) is 20.3 Å². The van der Waals surface area contributed by atoms with Gasteiger partial charge in [0.25, 0.3) is 0 Å². The first-order valence-electron chi connectivity index (χ1n) is 13.0. The molecule has 1 saturated heterocycles. The molecule has 2 aromatic carbocycles. The average Bonchev–Trinajstić information content (AvgIpc) is 3.59. The van der Waals surface area contributed by atoms with Crippen molar-refractivity contribution in [2.75, 3.05) is 52.7 Å². The smallest absolute Gasteiger partial charge is 0.246 e. The Morgan fingerprint density at radius 1 is 1.13 bits per heavy atom. The number of para-hydroxylation sites is 1. The van der Waals surface area contributed by atoms with Crippen molar-refractivity contribution in [3.63, 3.8) is 0 Å². The standard InChI is InChI=1S/C29H33N7O3/c1-34(17-18-38-2)15-6-9-25(37)35-16-14-22(19-35)36-29-26(28(30)31-20-32-29)27(33-36)21-10-12-24(13-11-21)39-23-7-4-3-5-8-23/h3-13,20,22H,14-19H2,1-2H3,(H2,30,31,32)/b9-6+/t22-/m1/s1. The fourth-order valence-corrected chi connectivity index (χ4v) is 4.68. The largest absolute Gasteiger partial charge is 0.457 e. The number of nitrogens with zero attached hydrogens (tertiary/aromatic N) is 6. The molecular formula is C29H33N7O3. The van der Waals surface area contributed by atoms with Gasteiger partial charge in [-0.05, 0) is 49.9 Å². The summed E-state index contributed by atoms with van der Waals surface area (Å²) in [6.45, 7) is 3.35. The molecule has 1 aliphatic heterocycles. The highest BCUT2D eigenvalue weighted by atomic mass is 16.5. The number of ether oxygens (including phenoxy) is 2. The summed E-state index contributed by atoms with van der Waals surface area (Å²) >= 11 is 0. The molecule has 1 aliphatic rings. The van der Waals surface area contributed by atoms with Crippen molar-refractivity contribution in [3.05, 3.63) is 73.1 Å². The van der Waals surface area contributed by atoms with Crippen molar-refractivity contribution in [2.45, 2.75) is 12.5 Å². The van der Waals surface area contributed by atoms with E-state index in [1.807, 2.05) is 77.3 Å². The summed E-state index contributed by atoms with van der Waals surface area (Å²) in [7, 11) is 3.68. The van der Waals surface area contributed by atoms with Crippen molar-refractivity contribution in [2.24, 2.45) is 0 Å². The van der Waals surface area contributed by atoms with Crippen LogP contribution in [0.25, 0.3) is 22.3 Å². The van der Waals surface area contributed by atoms with Crippen LogP contribution in [-0.4, -0.2) is 82.4 Å². The van der Waals surface area contributed by atoms with Crippen LogP contribution in [0.15, 0.2) is 73.1 Å². The molecule has 1 atom stereocenters. The quantitative estimate of drug-likeness (QED) is 0.310. The number of nitrogen functional groups attached to an aromatic ring is 1. The Bertz CT molecular complexity index is 1440. The zero-order valence-corrected chi connectivity index (χ0v) is 22.2. The Labute approximate surface area is 227 Å². The molecular weight excluding hydrogens is 494 g/mol. The van der Waals surface area contributed by atoms with Gasteiger partial charge >= 0.3 is 0 Å². The monoisotopic (exact) mass is 527 g/mol. The molecule has 0 bridgehead atoms. The number of likely N-dealkylation sites (tertiary alicyclic amines) is 1. The zero-order chi connectivity index (χ0) is 27.2. The minimum atomic E-state index is -0.0158. The number of anilines is 1. The van der Waals surface area contributed by atoms with Crippen molar-refractivity contribution in [1.82, 2.24) is 29.5 Å². The van der Waals surface area contributed by atoms with E-state index in [9.17, 15) is 4.79 Å². The van der Waals surface area contributed by atoms with Crippen LogP contribution in [0.3, 0.4) is 0 Å². The lowest BCUT2D eigenvalue weighted by molar-refractivity contribution is -0.125. The molecule has 3 heterocycles. The summed E-state index contributed by atoms with van der Waals surface area (Å²) in [6, 6.07) is 17.3. The third-order valence-corrected chi connectivity index (χ3v) is 6.80. The average molecular weight is 528 g/mol. The van der Waals surface area contributed by atoms with Gasteiger partial charge < -0.3 is 25.0 Å². The first kappa shape index (κ1) is 26.3. The topological polar surface area (TPSA) is 112 Å². The summed E-state index contributed by atoms with van der Waals surface area (Å²) in [5.74, 6) is 1.86. The lowest BCUT2D eigenvalue weighted by atomic mass is 10.1. The Hall–Kier alpha value is -4.28. The van der Waals surface area contributed by atoms with Crippen LogP contribution in [-0.2, 0) is 9.53 Å². The molecule has 5 rings (SSSR count). The number of amides is 1. The number of likely N-dealkylation sites (N-methyl/N-ethyl adjacent to an activating group) is 1. The molecule has 4 aromatic rings. The molecule has 0 spiro atoms. The number of fused-ring (bicyclic) bond motifs is 1. The molecule has 39 heavy (non-hydrogen) atoms. The lowest BCUT2D eigenvalue weighted by Gasteiger charge is -2.16. The first-order chi connectivity index (χ1) is 19.0. The summed E-state index contributed by atoms with van der Waals surface area (Å²) in [5.41, 5.74) is 8.56. The number of nitrogens with two attached hydrogens (primary N) is 1. The van der Waals surface area contributed by atoms with Crippen LogP contribution in [0.2, 0.25) is 0 Å². The molecule has 0 unspecified atom stereocenters. The maximum absolute atomic E-state index is 12.8. The van der Waals surface area contributed by atoms with E-state index in [1.165, 1.54) is 6.33 Å². The molecule has 2 N–H and O–H groups in total. The fourth-order valence-electron chi connectivity index (χ4n) is 4.68. The molecule has 0 saturated carbocycles. The van der Waals surface area contributed by atoms with E-state index in [0.717, 1.165) is 30.0 Å². The highest BCUT2D eigenvalue weighted by Gasteiger charge is 2.30. The van der Waals surface area contributed by atoms with Crippen LogP contribution < -0.4 is 10.5 Å². The second kappa shape index (κ2) is 12.1.